The van der Waals surface area contributed by atoms with Gasteiger partial charge in [-0.05, 0) is 30.9 Å². The number of nitrogens with zero attached hydrogens (tertiary/aromatic N) is 3. The van der Waals surface area contributed by atoms with E-state index in [1.807, 2.05) is 23.1 Å². The molecule has 1 fully saturated rings. The van der Waals surface area contributed by atoms with Crippen molar-refractivity contribution in [2.45, 2.75) is 51.0 Å². The van der Waals surface area contributed by atoms with Crippen LogP contribution in [0, 0.1) is 0 Å². The Morgan fingerprint density at radius 2 is 1.76 bits per heavy atom. The van der Waals surface area contributed by atoms with Crippen molar-refractivity contribution in [1.82, 2.24) is 9.97 Å². The molecule has 25 heavy (non-hydrogen) atoms. The van der Waals surface area contributed by atoms with E-state index in [1.54, 1.807) is 12.4 Å². The van der Waals surface area contributed by atoms with Gasteiger partial charge in [0.05, 0.1) is 5.56 Å². The third kappa shape index (κ3) is 3.50. The summed E-state index contributed by atoms with van der Waals surface area (Å²) in [6, 6.07) is 8.53. The van der Waals surface area contributed by atoms with Crippen LogP contribution in [0.25, 0.3) is 0 Å². The number of carbonyl (C=O) groups is 1. The minimum absolute atomic E-state index is 0.0223. The third-order valence-electron chi connectivity index (χ3n) is 5.22. The van der Waals surface area contributed by atoms with Crippen LogP contribution in [0.4, 0.5) is 11.6 Å². The molecule has 0 radical (unpaired) electrons. The topological polar surface area (TPSA) is 58.1 Å². The summed E-state index contributed by atoms with van der Waals surface area (Å²) in [5, 5.41) is 3.43. The Hall–Kier alpha value is -2.43. The van der Waals surface area contributed by atoms with Crippen molar-refractivity contribution in [2.75, 3.05) is 16.8 Å². The highest BCUT2D eigenvalue weighted by atomic mass is 16.2. The monoisotopic (exact) mass is 336 g/mol. The zero-order chi connectivity index (χ0) is 17.1. The summed E-state index contributed by atoms with van der Waals surface area (Å²) in [6.07, 6.45) is 11.7. The molecule has 0 atom stereocenters. The van der Waals surface area contributed by atoms with E-state index in [2.05, 4.69) is 21.4 Å². The number of carbonyl (C=O) groups excluding carboxylic acids is 1. The minimum Gasteiger partial charge on any atom is -0.351 e. The normalized spacial score (nSPS) is 17.8. The van der Waals surface area contributed by atoms with E-state index in [0.717, 1.165) is 18.7 Å². The first-order chi connectivity index (χ1) is 12.3. The molecule has 1 amide bonds. The molecular weight excluding hydrogens is 312 g/mol. The molecule has 0 saturated heterocycles. The fraction of sp³-hybridized carbons (Fsp3) is 0.450. The predicted molar refractivity (Wildman–Crippen MR) is 99.0 cm³/mol. The van der Waals surface area contributed by atoms with Gasteiger partial charge in [-0.15, -0.1) is 0 Å². The number of rotatable bonds is 3. The van der Waals surface area contributed by atoms with Gasteiger partial charge in [-0.3, -0.25) is 4.79 Å². The zero-order valence-electron chi connectivity index (χ0n) is 14.4. The molecule has 1 aliphatic carbocycles. The molecule has 1 aromatic heterocycles. The maximum Gasteiger partial charge on any atom is 0.261 e. The summed E-state index contributed by atoms with van der Waals surface area (Å²) >= 11 is 0. The van der Waals surface area contributed by atoms with Crippen molar-refractivity contribution in [3.63, 3.8) is 0 Å². The molecule has 1 aromatic carbocycles. The maximum absolute atomic E-state index is 12.8. The van der Waals surface area contributed by atoms with Crippen LogP contribution in [0.15, 0.2) is 36.7 Å². The van der Waals surface area contributed by atoms with Gasteiger partial charge in [0, 0.05) is 30.7 Å². The summed E-state index contributed by atoms with van der Waals surface area (Å²) in [4.78, 5) is 23.4. The molecule has 0 spiro atoms. The fourth-order valence-electron chi connectivity index (χ4n) is 3.82. The van der Waals surface area contributed by atoms with Crippen LogP contribution >= 0.6 is 0 Å². The first-order valence-electron chi connectivity index (χ1n) is 9.29. The molecule has 2 aliphatic rings. The fourth-order valence-corrected chi connectivity index (χ4v) is 3.82. The SMILES string of the molecule is O=C(c1cnc(NC2CCCCCC2)nc1)N1CCc2ccccc21. The number of nitrogens with one attached hydrogen (secondary N) is 1. The molecule has 0 bridgehead atoms. The van der Waals surface area contributed by atoms with Crippen molar-refractivity contribution in [2.24, 2.45) is 0 Å². The minimum atomic E-state index is -0.0223. The van der Waals surface area contributed by atoms with Gasteiger partial charge in [0.25, 0.3) is 5.91 Å². The lowest BCUT2D eigenvalue weighted by atomic mass is 10.1. The largest absolute Gasteiger partial charge is 0.351 e. The van der Waals surface area contributed by atoms with Gasteiger partial charge >= 0.3 is 0 Å². The van der Waals surface area contributed by atoms with Gasteiger partial charge in [-0.1, -0.05) is 43.9 Å². The number of aromatic nitrogens is 2. The van der Waals surface area contributed by atoms with Gasteiger partial charge in [0.2, 0.25) is 5.95 Å². The number of para-hydroxylation sites is 1. The van der Waals surface area contributed by atoms with E-state index in [4.69, 9.17) is 0 Å². The Bertz CT molecular complexity index is 736. The second-order valence-corrected chi connectivity index (χ2v) is 6.96. The Labute approximate surface area is 148 Å². The van der Waals surface area contributed by atoms with Gasteiger partial charge in [-0.2, -0.15) is 0 Å². The molecule has 2 heterocycles. The highest BCUT2D eigenvalue weighted by molar-refractivity contribution is 6.06. The Balaban J connectivity index is 1.44. The molecule has 1 aliphatic heterocycles. The molecule has 2 aromatic rings. The summed E-state index contributed by atoms with van der Waals surface area (Å²) in [5.41, 5.74) is 2.78. The first kappa shape index (κ1) is 16.1. The number of amides is 1. The second-order valence-electron chi connectivity index (χ2n) is 6.96. The Morgan fingerprint density at radius 1 is 1.04 bits per heavy atom. The molecule has 1 N–H and O–H groups in total. The summed E-state index contributed by atoms with van der Waals surface area (Å²) in [7, 11) is 0. The summed E-state index contributed by atoms with van der Waals surface area (Å²) < 4.78 is 0. The van der Waals surface area contributed by atoms with E-state index in [9.17, 15) is 4.79 Å². The lowest BCUT2D eigenvalue weighted by molar-refractivity contribution is 0.0988. The predicted octanol–water partition coefficient (Wildman–Crippen LogP) is 3.81. The van der Waals surface area contributed by atoms with Crippen molar-refractivity contribution in [3.8, 4) is 0 Å². The summed E-state index contributed by atoms with van der Waals surface area (Å²) in [6.45, 7) is 0.722. The van der Waals surface area contributed by atoms with Crippen LogP contribution in [-0.2, 0) is 6.42 Å². The van der Waals surface area contributed by atoms with Crippen LogP contribution in [0.3, 0.4) is 0 Å². The van der Waals surface area contributed by atoms with Gasteiger partial charge in [-0.25, -0.2) is 9.97 Å². The molecule has 5 heteroatoms. The van der Waals surface area contributed by atoms with Crippen molar-refractivity contribution >= 4 is 17.5 Å². The quantitative estimate of drug-likeness (QED) is 0.866. The van der Waals surface area contributed by atoms with Gasteiger partial charge in [0.1, 0.15) is 0 Å². The van der Waals surface area contributed by atoms with E-state index in [-0.39, 0.29) is 5.91 Å². The van der Waals surface area contributed by atoms with E-state index < -0.39 is 0 Å². The lowest BCUT2D eigenvalue weighted by Gasteiger charge is -2.18. The molecule has 130 valence electrons. The second kappa shape index (κ2) is 7.21. The lowest BCUT2D eigenvalue weighted by Crippen LogP contribution is -2.29. The highest BCUT2D eigenvalue weighted by Gasteiger charge is 2.25. The number of hydrogen-bond donors (Lipinski definition) is 1. The van der Waals surface area contributed by atoms with Crippen LogP contribution in [0.1, 0.15) is 54.4 Å². The van der Waals surface area contributed by atoms with Crippen LogP contribution < -0.4 is 10.2 Å². The van der Waals surface area contributed by atoms with Crippen molar-refractivity contribution in [3.05, 3.63) is 47.8 Å². The van der Waals surface area contributed by atoms with E-state index in [0.29, 0.717) is 17.6 Å². The highest BCUT2D eigenvalue weighted by Crippen LogP contribution is 2.28. The zero-order valence-corrected chi connectivity index (χ0v) is 14.4. The number of hydrogen-bond acceptors (Lipinski definition) is 4. The number of fused-ring (bicyclic) bond motifs is 1. The Morgan fingerprint density at radius 3 is 2.52 bits per heavy atom. The van der Waals surface area contributed by atoms with Crippen molar-refractivity contribution in [1.29, 1.82) is 0 Å². The van der Waals surface area contributed by atoms with Crippen LogP contribution in [0.2, 0.25) is 0 Å². The summed E-state index contributed by atoms with van der Waals surface area (Å²) in [5.74, 6) is 0.608. The average Bonchev–Trinajstić information content (AvgIpc) is 2.92. The molecular formula is C20H24N4O. The first-order valence-corrected chi connectivity index (χ1v) is 9.29. The Kier molecular flexibility index (Phi) is 4.63. The smallest absolute Gasteiger partial charge is 0.261 e. The van der Waals surface area contributed by atoms with Crippen LogP contribution in [0.5, 0.6) is 0 Å². The number of benzene rings is 1. The average molecular weight is 336 g/mol. The molecule has 1 saturated carbocycles. The molecule has 4 rings (SSSR count). The van der Waals surface area contributed by atoms with Crippen LogP contribution in [-0.4, -0.2) is 28.5 Å². The van der Waals surface area contributed by atoms with E-state index >= 15 is 0 Å². The number of anilines is 2. The standard InChI is InChI=1S/C20H24N4O/c25-19(24-12-11-15-7-5-6-10-18(15)24)16-13-21-20(22-14-16)23-17-8-3-1-2-4-9-17/h5-7,10,13-14,17H,1-4,8-9,11-12H2,(H,21,22,23). The molecule has 0 unspecified atom stereocenters. The third-order valence-corrected chi connectivity index (χ3v) is 5.22. The van der Waals surface area contributed by atoms with Gasteiger partial charge < -0.3 is 10.2 Å². The molecule has 5 nitrogen and oxygen atoms in total. The van der Waals surface area contributed by atoms with Gasteiger partial charge in [0.15, 0.2) is 0 Å². The van der Waals surface area contributed by atoms with Crippen molar-refractivity contribution < 1.29 is 4.79 Å². The maximum atomic E-state index is 12.8. The van der Waals surface area contributed by atoms with E-state index in [1.165, 1.54) is 44.1 Å².